The van der Waals surface area contributed by atoms with Crippen molar-refractivity contribution in [1.82, 2.24) is 14.5 Å². The van der Waals surface area contributed by atoms with Crippen LogP contribution in [0.4, 0.5) is 5.69 Å². The molecular weight excluding hydrogens is 460 g/mol. The molecule has 2 amide bonds. The molecule has 5 rings (SSSR count). The summed E-state index contributed by atoms with van der Waals surface area (Å²) in [7, 11) is 1.61. The van der Waals surface area contributed by atoms with E-state index in [9.17, 15) is 9.59 Å². The third-order valence-electron chi connectivity index (χ3n) is 6.24. The number of thiophene rings is 1. The highest BCUT2D eigenvalue weighted by atomic mass is 32.1. The summed E-state index contributed by atoms with van der Waals surface area (Å²) in [5, 5.41) is 5.07. The van der Waals surface area contributed by atoms with E-state index in [1.54, 1.807) is 41.9 Å². The van der Waals surface area contributed by atoms with Gasteiger partial charge in [-0.3, -0.25) is 9.59 Å². The first kappa shape index (κ1) is 23.0. The second kappa shape index (κ2) is 10.2. The van der Waals surface area contributed by atoms with Crippen molar-refractivity contribution in [2.45, 2.75) is 18.5 Å². The lowest BCUT2D eigenvalue weighted by Crippen LogP contribution is -2.47. The second-order valence-electron chi connectivity index (χ2n) is 8.44. The Morgan fingerprint density at radius 2 is 1.94 bits per heavy atom. The fourth-order valence-electron chi connectivity index (χ4n) is 4.59. The third-order valence-corrected chi connectivity index (χ3v) is 7.18. The Balaban J connectivity index is 1.46. The van der Waals surface area contributed by atoms with Gasteiger partial charge < -0.3 is 19.5 Å². The van der Waals surface area contributed by atoms with Crippen LogP contribution in [0.5, 0.6) is 0 Å². The van der Waals surface area contributed by atoms with E-state index in [1.807, 2.05) is 70.7 Å². The molecule has 2 atom stereocenters. The van der Waals surface area contributed by atoms with Crippen molar-refractivity contribution in [2.75, 3.05) is 25.6 Å². The van der Waals surface area contributed by atoms with Crippen LogP contribution in [0.15, 0.2) is 84.8 Å². The molecule has 0 aliphatic carbocycles. The second-order valence-corrected chi connectivity index (χ2v) is 9.42. The topological polar surface area (TPSA) is 76.5 Å². The number of nitrogens with zero attached hydrogens (tertiary/aromatic N) is 3. The quantitative estimate of drug-likeness (QED) is 0.396. The number of methoxy groups -OCH3 is 1. The molecule has 0 bridgehead atoms. The van der Waals surface area contributed by atoms with Crippen molar-refractivity contribution in [3.05, 3.63) is 106 Å². The van der Waals surface area contributed by atoms with Crippen molar-refractivity contribution < 1.29 is 14.3 Å². The lowest BCUT2D eigenvalue weighted by atomic mass is 9.81. The van der Waals surface area contributed by atoms with Gasteiger partial charge in [0.05, 0.1) is 24.9 Å². The minimum atomic E-state index is -0.551. The molecule has 35 heavy (non-hydrogen) atoms. The molecule has 1 aliphatic rings. The molecule has 1 aliphatic heterocycles. The van der Waals surface area contributed by atoms with Crippen molar-refractivity contribution >= 4 is 28.8 Å². The normalized spacial score (nSPS) is 17.3. The average Bonchev–Trinajstić information content (AvgIpc) is 3.59. The Labute approximate surface area is 208 Å². The number of anilines is 1. The summed E-state index contributed by atoms with van der Waals surface area (Å²) in [4.78, 5) is 34.1. The molecule has 0 fully saturated rings. The van der Waals surface area contributed by atoms with Gasteiger partial charge in [0, 0.05) is 48.7 Å². The number of hydrogen-bond donors (Lipinski definition) is 1. The third kappa shape index (κ3) is 4.76. The number of benzene rings is 2. The van der Waals surface area contributed by atoms with Gasteiger partial charge in [-0.15, -0.1) is 11.3 Å². The molecule has 0 saturated heterocycles. The Morgan fingerprint density at radius 3 is 2.66 bits per heavy atom. The van der Waals surface area contributed by atoms with E-state index in [1.165, 1.54) is 0 Å². The minimum absolute atomic E-state index is 0.0797. The van der Waals surface area contributed by atoms with Crippen molar-refractivity contribution in [3.63, 3.8) is 0 Å². The van der Waals surface area contributed by atoms with E-state index in [4.69, 9.17) is 4.74 Å². The van der Waals surface area contributed by atoms with Crippen LogP contribution in [-0.4, -0.2) is 46.5 Å². The van der Waals surface area contributed by atoms with E-state index in [2.05, 4.69) is 10.3 Å². The molecule has 1 N–H and O–H groups in total. The molecule has 7 nitrogen and oxygen atoms in total. The van der Waals surface area contributed by atoms with Gasteiger partial charge in [-0.1, -0.05) is 36.4 Å². The summed E-state index contributed by atoms with van der Waals surface area (Å²) in [6.07, 6.45) is 5.44. The summed E-state index contributed by atoms with van der Waals surface area (Å²) in [5.74, 6) is -0.776. The van der Waals surface area contributed by atoms with E-state index in [-0.39, 0.29) is 11.8 Å². The highest BCUT2D eigenvalue weighted by molar-refractivity contribution is 7.10. The van der Waals surface area contributed by atoms with Crippen LogP contribution >= 0.6 is 11.3 Å². The van der Waals surface area contributed by atoms with E-state index in [0.29, 0.717) is 30.9 Å². The van der Waals surface area contributed by atoms with Crippen LogP contribution < -0.4 is 5.32 Å². The highest BCUT2D eigenvalue weighted by Crippen LogP contribution is 2.44. The van der Waals surface area contributed by atoms with Crippen LogP contribution in [0.25, 0.3) is 0 Å². The Kier molecular flexibility index (Phi) is 6.74. The molecule has 0 spiro atoms. The average molecular weight is 487 g/mol. The Hall–Kier alpha value is -3.75. The number of imidazole rings is 1. The summed E-state index contributed by atoms with van der Waals surface area (Å²) < 4.78 is 7.28. The summed E-state index contributed by atoms with van der Waals surface area (Å²) >= 11 is 1.55. The maximum atomic E-state index is 13.8. The first-order chi connectivity index (χ1) is 17.2. The zero-order valence-electron chi connectivity index (χ0n) is 19.3. The lowest BCUT2D eigenvalue weighted by molar-refractivity contribution is -0.119. The van der Waals surface area contributed by atoms with Gasteiger partial charge >= 0.3 is 0 Å². The molecule has 2 aromatic carbocycles. The van der Waals surface area contributed by atoms with Crippen molar-refractivity contribution in [2.24, 2.45) is 0 Å². The molecule has 8 heteroatoms. The predicted octanol–water partition coefficient (Wildman–Crippen LogP) is 4.56. The molecule has 0 radical (unpaired) electrons. The number of carbonyl (C=O) groups is 2. The number of fused-ring (bicyclic) bond motifs is 1. The maximum absolute atomic E-state index is 13.8. The summed E-state index contributed by atoms with van der Waals surface area (Å²) in [6.45, 7) is 1.50. The highest BCUT2D eigenvalue weighted by Gasteiger charge is 2.44. The molecule has 0 saturated carbocycles. The van der Waals surface area contributed by atoms with E-state index >= 15 is 0 Å². The molecule has 2 aromatic heterocycles. The SMILES string of the molecule is COCCN1C(=O)c2ccccc2C(C(=O)Nc2ccc(Cn3ccnc3)cc2)C1c1cccs1. The van der Waals surface area contributed by atoms with Crippen LogP contribution in [0.2, 0.25) is 0 Å². The molecular formula is C27H26N4O3S. The molecule has 4 aromatic rings. The molecule has 178 valence electrons. The maximum Gasteiger partial charge on any atom is 0.254 e. The number of rotatable bonds is 8. The van der Waals surface area contributed by atoms with Crippen LogP contribution in [-0.2, 0) is 16.1 Å². The monoisotopic (exact) mass is 486 g/mol. The van der Waals surface area contributed by atoms with Gasteiger partial charge in [0.1, 0.15) is 0 Å². The van der Waals surface area contributed by atoms with Gasteiger partial charge in [0.25, 0.3) is 5.91 Å². The number of amides is 2. The van der Waals surface area contributed by atoms with Gasteiger partial charge in [0.15, 0.2) is 0 Å². The standard InChI is InChI=1S/C27H26N4O3S/c1-34-15-14-31-25(23-7-4-16-35-23)24(21-5-2-3-6-22(21)27(31)33)26(32)29-20-10-8-19(9-11-20)17-30-13-12-28-18-30/h2-13,16,18,24-25H,14-15,17H2,1H3,(H,29,32). The fourth-order valence-corrected chi connectivity index (χ4v) is 5.47. The van der Waals surface area contributed by atoms with Gasteiger partial charge in [-0.05, 0) is 40.8 Å². The van der Waals surface area contributed by atoms with Crippen LogP contribution in [0, 0.1) is 0 Å². The van der Waals surface area contributed by atoms with Gasteiger partial charge in [-0.2, -0.15) is 0 Å². The van der Waals surface area contributed by atoms with E-state index < -0.39 is 12.0 Å². The zero-order valence-corrected chi connectivity index (χ0v) is 20.2. The fraction of sp³-hybridized carbons (Fsp3) is 0.222. The molecule has 3 heterocycles. The number of ether oxygens (including phenoxy) is 1. The Morgan fingerprint density at radius 1 is 1.11 bits per heavy atom. The van der Waals surface area contributed by atoms with Crippen molar-refractivity contribution in [3.8, 4) is 0 Å². The summed E-state index contributed by atoms with van der Waals surface area (Å²) in [5.41, 5.74) is 3.13. The number of nitrogens with one attached hydrogen (secondary N) is 1. The predicted molar refractivity (Wildman–Crippen MR) is 136 cm³/mol. The zero-order chi connectivity index (χ0) is 24.2. The first-order valence-electron chi connectivity index (χ1n) is 11.4. The number of hydrogen-bond acceptors (Lipinski definition) is 5. The van der Waals surface area contributed by atoms with Gasteiger partial charge in [-0.25, -0.2) is 4.98 Å². The first-order valence-corrected chi connectivity index (χ1v) is 12.3. The van der Waals surface area contributed by atoms with Gasteiger partial charge in [0.2, 0.25) is 5.91 Å². The number of aromatic nitrogens is 2. The van der Waals surface area contributed by atoms with Crippen LogP contribution in [0.3, 0.4) is 0 Å². The largest absolute Gasteiger partial charge is 0.383 e. The Bertz CT molecular complexity index is 1290. The summed E-state index contributed by atoms with van der Waals surface area (Å²) in [6, 6.07) is 18.7. The molecule has 2 unspecified atom stereocenters. The number of carbonyl (C=O) groups excluding carboxylic acids is 2. The van der Waals surface area contributed by atoms with E-state index in [0.717, 1.165) is 16.0 Å². The minimum Gasteiger partial charge on any atom is -0.383 e. The smallest absolute Gasteiger partial charge is 0.254 e. The van der Waals surface area contributed by atoms with Crippen LogP contribution in [0.1, 0.15) is 38.3 Å². The van der Waals surface area contributed by atoms with Crippen molar-refractivity contribution in [1.29, 1.82) is 0 Å². The lowest BCUT2D eigenvalue weighted by Gasteiger charge is -2.41.